The van der Waals surface area contributed by atoms with Gasteiger partial charge in [-0.1, -0.05) is 5.16 Å². The summed E-state index contributed by atoms with van der Waals surface area (Å²) in [4.78, 5) is 53.7. The Bertz CT molecular complexity index is 1310. The number of carbonyl (C=O) groups excluding carboxylic acids is 4. The third-order valence-electron chi connectivity index (χ3n) is 7.25. The number of urea groups is 1. The van der Waals surface area contributed by atoms with Crippen LogP contribution in [0.1, 0.15) is 12.5 Å². The quantitative estimate of drug-likeness (QED) is 0.567. The number of ether oxygens (including phenoxy) is 2. The highest BCUT2D eigenvalue weighted by Crippen LogP contribution is 2.48. The van der Waals surface area contributed by atoms with Gasteiger partial charge < -0.3 is 18.9 Å². The Morgan fingerprint density at radius 3 is 2.69 bits per heavy atom. The Balaban J connectivity index is 1.54. The molecule has 5 amide bonds. The minimum atomic E-state index is -1.73. The first kappa shape index (κ1) is 23.0. The van der Waals surface area contributed by atoms with Crippen molar-refractivity contribution in [2.45, 2.75) is 31.5 Å². The average Bonchev–Trinajstić information content (AvgIpc) is 3.40. The van der Waals surface area contributed by atoms with Gasteiger partial charge >= 0.3 is 12.1 Å². The SMILES string of the molecule is CSCC1COC(=O)N1c1noc2c(F)c3c(cc12)CC1(C(=O)NC(=O)NC1=O)C1CO[C@H](C)CN31. The molecule has 3 atom stereocenters. The molecule has 0 aliphatic carbocycles. The van der Waals surface area contributed by atoms with Crippen molar-refractivity contribution in [3.8, 4) is 0 Å². The topological polar surface area (TPSA) is 143 Å². The van der Waals surface area contributed by atoms with E-state index in [0.29, 0.717) is 11.3 Å². The highest BCUT2D eigenvalue weighted by Gasteiger charge is 2.61. The maximum absolute atomic E-state index is 16.1. The van der Waals surface area contributed by atoms with E-state index in [1.54, 1.807) is 17.9 Å². The summed E-state index contributed by atoms with van der Waals surface area (Å²) in [7, 11) is 0. The Morgan fingerprint density at radius 2 is 1.97 bits per heavy atom. The second-order valence-electron chi connectivity index (χ2n) is 9.33. The van der Waals surface area contributed by atoms with Crippen molar-refractivity contribution >= 4 is 58.2 Å². The Kier molecular flexibility index (Phi) is 5.16. The number of nitrogens with one attached hydrogen (secondary N) is 2. The number of nitrogens with zero attached hydrogens (tertiary/aromatic N) is 3. The molecule has 2 aromatic rings. The van der Waals surface area contributed by atoms with E-state index < -0.39 is 41.2 Å². The molecule has 4 aliphatic rings. The van der Waals surface area contributed by atoms with Gasteiger partial charge in [0.25, 0.3) is 0 Å². The number of barbiturate groups is 1. The first-order valence-corrected chi connectivity index (χ1v) is 12.8. The van der Waals surface area contributed by atoms with Gasteiger partial charge in [0.05, 0.1) is 35.9 Å². The molecule has 1 aromatic heterocycles. The van der Waals surface area contributed by atoms with Crippen molar-refractivity contribution in [3.63, 3.8) is 0 Å². The minimum Gasteiger partial charge on any atom is -0.447 e. The normalized spacial score (nSPS) is 27.1. The first-order valence-electron chi connectivity index (χ1n) is 11.4. The highest BCUT2D eigenvalue weighted by atomic mass is 32.2. The third kappa shape index (κ3) is 3.06. The van der Waals surface area contributed by atoms with E-state index in [0.717, 1.165) is 0 Å². The number of fused-ring (bicyclic) bond motifs is 5. The van der Waals surface area contributed by atoms with Crippen LogP contribution in [0.25, 0.3) is 11.0 Å². The molecule has 4 aliphatic heterocycles. The Labute approximate surface area is 207 Å². The molecular formula is C22H22FN5O7S. The zero-order valence-corrected chi connectivity index (χ0v) is 20.1. The van der Waals surface area contributed by atoms with Gasteiger partial charge in [0.2, 0.25) is 17.4 Å². The molecule has 1 aromatic carbocycles. The second kappa shape index (κ2) is 8.06. The summed E-state index contributed by atoms with van der Waals surface area (Å²) in [5, 5.41) is 8.60. The summed E-state index contributed by atoms with van der Waals surface area (Å²) in [6, 6.07) is -0.496. The maximum atomic E-state index is 16.1. The number of anilines is 2. The molecule has 190 valence electrons. The highest BCUT2D eigenvalue weighted by molar-refractivity contribution is 7.98. The number of cyclic esters (lactones) is 1. The third-order valence-corrected chi connectivity index (χ3v) is 7.96. The predicted octanol–water partition coefficient (Wildman–Crippen LogP) is 1.16. The number of thioether (sulfide) groups is 1. The summed E-state index contributed by atoms with van der Waals surface area (Å²) < 4.78 is 32.4. The minimum absolute atomic E-state index is 0.0231. The van der Waals surface area contributed by atoms with E-state index in [1.807, 2.05) is 6.26 Å². The maximum Gasteiger partial charge on any atom is 0.416 e. The van der Waals surface area contributed by atoms with Gasteiger partial charge in [-0.15, -0.1) is 0 Å². The number of carbonyl (C=O) groups is 4. The summed E-state index contributed by atoms with van der Waals surface area (Å²) >= 11 is 1.52. The summed E-state index contributed by atoms with van der Waals surface area (Å²) in [6.07, 6.45) is 0.767. The van der Waals surface area contributed by atoms with Crippen LogP contribution in [0.5, 0.6) is 0 Å². The van der Waals surface area contributed by atoms with E-state index >= 15 is 4.39 Å². The lowest BCUT2D eigenvalue weighted by atomic mass is 9.68. The average molecular weight is 520 g/mol. The number of morpholine rings is 1. The van der Waals surface area contributed by atoms with Crippen LogP contribution in [0.15, 0.2) is 10.6 Å². The summed E-state index contributed by atoms with van der Waals surface area (Å²) in [6.45, 7) is 2.14. The number of amides is 5. The standard InChI is InChI=1S/C22H22FN5O7S/c1-9-5-27-13(7-33-9)22(18(29)24-20(31)25-19(22)30)4-10-3-12-16(14(23)15(10)27)35-26-17(12)28-11(8-36-2)6-34-21(28)32/h3,9,11,13H,4-8H2,1-2H3,(H2,24,25,29,30,31)/t9-,11?,13?/m1/s1. The van der Waals surface area contributed by atoms with Crippen LogP contribution < -0.4 is 20.4 Å². The molecule has 0 saturated carbocycles. The smallest absolute Gasteiger partial charge is 0.416 e. The monoisotopic (exact) mass is 519 g/mol. The molecule has 3 saturated heterocycles. The van der Waals surface area contributed by atoms with Gasteiger partial charge in [0.15, 0.2) is 17.1 Å². The van der Waals surface area contributed by atoms with E-state index in [-0.39, 0.29) is 60.8 Å². The lowest BCUT2D eigenvalue weighted by molar-refractivity contribution is -0.149. The van der Waals surface area contributed by atoms with Crippen LogP contribution in [-0.2, 0) is 25.5 Å². The van der Waals surface area contributed by atoms with Crippen LogP contribution in [0, 0.1) is 11.2 Å². The summed E-state index contributed by atoms with van der Waals surface area (Å²) in [5.41, 5.74) is -1.35. The van der Waals surface area contributed by atoms with Gasteiger partial charge in [-0.25, -0.2) is 14.0 Å². The molecule has 0 bridgehead atoms. The van der Waals surface area contributed by atoms with Crippen LogP contribution in [0.3, 0.4) is 0 Å². The number of hydrogen-bond donors (Lipinski definition) is 2. The zero-order chi connectivity index (χ0) is 25.4. The van der Waals surface area contributed by atoms with Gasteiger partial charge in [-0.05, 0) is 24.8 Å². The van der Waals surface area contributed by atoms with Crippen molar-refractivity contribution in [2.24, 2.45) is 5.41 Å². The fraction of sp³-hybridized carbons (Fsp3) is 0.500. The van der Waals surface area contributed by atoms with Crippen molar-refractivity contribution in [3.05, 3.63) is 17.4 Å². The Hall–Kier alpha value is -3.39. The summed E-state index contributed by atoms with van der Waals surface area (Å²) in [5.74, 6) is -1.59. The van der Waals surface area contributed by atoms with Crippen LogP contribution >= 0.6 is 11.8 Å². The number of halogens is 1. The van der Waals surface area contributed by atoms with Crippen LogP contribution in [-0.4, -0.2) is 79.1 Å². The Morgan fingerprint density at radius 1 is 1.22 bits per heavy atom. The van der Waals surface area contributed by atoms with Crippen molar-refractivity contribution in [2.75, 3.05) is 41.6 Å². The lowest BCUT2D eigenvalue weighted by Crippen LogP contribution is -2.73. The number of rotatable bonds is 3. The molecule has 3 fully saturated rings. The van der Waals surface area contributed by atoms with Crippen LogP contribution in [0.4, 0.5) is 25.5 Å². The van der Waals surface area contributed by atoms with Crippen molar-refractivity contribution in [1.29, 1.82) is 0 Å². The van der Waals surface area contributed by atoms with Gasteiger partial charge in [0.1, 0.15) is 6.61 Å². The molecule has 0 radical (unpaired) electrons. The number of aromatic nitrogens is 1. The molecule has 12 nitrogen and oxygen atoms in total. The van der Waals surface area contributed by atoms with Gasteiger partial charge in [-0.2, -0.15) is 11.8 Å². The first-order chi connectivity index (χ1) is 17.3. The fourth-order valence-electron chi connectivity index (χ4n) is 5.63. The molecule has 36 heavy (non-hydrogen) atoms. The number of imide groups is 2. The van der Waals surface area contributed by atoms with Gasteiger partial charge in [-0.3, -0.25) is 25.1 Å². The second-order valence-corrected chi connectivity index (χ2v) is 10.2. The molecule has 5 heterocycles. The van der Waals surface area contributed by atoms with Gasteiger partial charge in [0, 0.05) is 18.7 Å². The van der Waals surface area contributed by atoms with E-state index in [4.69, 9.17) is 14.0 Å². The molecule has 2 unspecified atom stereocenters. The molecule has 2 N–H and O–H groups in total. The van der Waals surface area contributed by atoms with Crippen molar-refractivity contribution < 1.29 is 37.6 Å². The van der Waals surface area contributed by atoms with E-state index in [9.17, 15) is 19.2 Å². The van der Waals surface area contributed by atoms with Crippen LogP contribution in [0.2, 0.25) is 0 Å². The molecule has 14 heteroatoms. The van der Waals surface area contributed by atoms with E-state index in [2.05, 4.69) is 15.8 Å². The van der Waals surface area contributed by atoms with E-state index in [1.165, 1.54) is 16.7 Å². The molecular weight excluding hydrogens is 497 g/mol. The predicted molar refractivity (Wildman–Crippen MR) is 124 cm³/mol. The number of hydrogen-bond acceptors (Lipinski definition) is 10. The van der Waals surface area contributed by atoms with Crippen molar-refractivity contribution in [1.82, 2.24) is 15.8 Å². The number of benzene rings is 1. The lowest BCUT2D eigenvalue weighted by Gasteiger charge is -2.52. The fourth-order valence-corrected chi connectivity index (χ4v) is 6.26. The largest absolute Gasteiger partial charge is 0.447 e. The zero-order valence-electron chi connectivity index (χ0n) is 19.3. The molecule has 1 spiro atoms. The molecule has 6 rings (SSSR count).